The molecule has 2 aromatic rings. The topological polar surface area (TPSA) is 98.0 Å². The first-order valence-electron chi connectivity index (χ1n) is 9.90. The number of nitrogens with one attached hydrogen (secondary N) is 2. The van der Waals surface area contributed by atoms with Gasteiger partial charge in [0.1, 0.15) is 23.4 Å². The summed E-state index contributed by atoms with van der Waals surface area (Å²) in [7, 11) is 0. The summed E-state index contributed by atoms with van der Waals surface area (Å²) >= 11 is 0. The third kappa shape index (κ3) is 8.81. The summed E-state index contributed by atoms with van der Waals surface area (Å²) in [5, 5.41) is 6.48. The molecule has 0 spiro atoms. The highest BCUT2D eigenvalue weighted by atomic mass is 19.1. The fourth-order valence-corrected chi connectivity index (χ4v) is 2.60. The number of aliphatic imine (C=N–C) groups is 1. The number of nitrogens with two attached hydrogens (primary N) is 1. The molecule has 1 amide bonds. The molecule has 7 nitrogen and oxygen atoms in total. The molecule has 8 heteroatoms. The van der Waals surface area contributed by atoms with E-state index in [9.17, 15) is 9.18 Å². The molecule has 0 radical (unpaired) electrons. The van der Waals surface area contributed by atoms with Crippen molar-refractivity contribution in [2.75, 3.05) is 26.2 Å². The van der Waals surface area contributed by atoms with E-state index >= 15 is 0 Å². The van der Waals surface area contributed by atoms with E-state index in [-0.39, 0.29) is 18.5 Å². The van der Waals surface area contributed by atoms with Crippen molar-refractivity contribution in [3.05, 3.63) is 59.9 Å². The first-order valence-corrected chi connectivity index (χ1v) is 9.90. The van der Waals surface area contributed by atoms with E-state index in [1.807, 2.05) is 38.1 Å². The summed E-state index contributed by atoms with van der Waals surface area (Å²) in [5.41, 5.74) is 6.18. The summed E-state index contributed by atoms with van der Waals surface area (Å²) in [6, 6.07) is 13.6. The molecule has 1 atom stereocenters. The molecule has 0 saturated carbocycles. The number of primary amides is 1. The molecule has 0 fully saturated rings. The lowest BCUT2D eigenvalue weighted by molar-refractivity contribution is -0.119. The van der Waals surface area contributed by atoms with Gasteiger partial charge in [-0.1, -0.05) is 18.2 Å². The van der Waals surface area contributed by atoms with E-state index in [0.717, 1.165) is 18.5 Å². The highest BCUT2D eigenvalue weighted by Crippen LogP contribution is 2.14. The van der Waals surface area contributed by atoms with Gasteiger partial charge in [-0.15, -0.1) is 0 Å². The van der Waals surface area contributed by atoms with E-state index in [0.29, 0.717) is 30.5 Å². The Bertz CT molecular complexity index is 827. The zero-order valence-electron chi connectivity index (χ0n) is 17.4. The highest BCUT2D eigenvalue weighted by Gasteiger charge is 2.06. The van der Waals surface area contributed by atoms with Gasteiger partial charge < -0.3 is 25.8 Å². The van der Waals surface area contributed by atoms with Crippen molar-refractivity contribution in [3.8, 4) is 11.5 Å². The summed E-state index contributed by atoms with van der Waals surface area (Å²) in [6.45, 7) is 5.60. The van der Waals surface area contributed by atoms with Gasteiger partial charge in [0, 0.05) is 19.2 Å². The van der Waals surface area contributed by atoms with E-state index in [1.165, 1.54) is 12.1 Å². The van der Waals surface area contributed by atoms with Crippen molar-refractivity contribution in [1.29, 1.82) is 0 Å². The predicted octanol–water partition coefficient (Wildman–Crippen LogP) is 2.25. The number of hydrogen-bond acceptors (Lipinski definition) is 4. The quantitative estimate of drug-likeness (QED) is 0.386. The average molecular weight is 416 g/mol. The number of ether oxygens (including phenoxy) is 2. The minimum atomic E-state index is -0.505. The number of nitrogens with zero attached hydrogens (tertiary/aromatic N) is 1. The minimum Gasteiger partial charge on any atom is -0.489 e. The van der Waals surface area contributed by atoms with Crippen LogP contribution in [0.1, 0.15) is 19.4 Å². The van der Waals surface area contributed by atoms with Crippen molar-refractivity contribution >= 4 is 11.9 Å². The number of carbonyl (C=O) groups is 1. The molecule has 1 unspecified atom stereocenters. The van der Waals surface area contributed by atoms with Gasteiger partial charge in [0.05, 0.1) is 6.54 Å². The second kappa shape index (κ2) is 12.3. The second-order valence-electron chi connectivity index (χ2n) is 6.68. The lowest BCUT2D eigenvalue weighted by Crippen LogP contribution is -2.39. The van der Waals surface area contributed by atoms with E-state index in [2.05, 4.69) is 15.6 Å². The Hall–Kier alpha value is -3.29. The van der Waals surface area contributed by atoms with Crippen LogP contribution in [0.3, 0.4) is 0 Å². The lowest BCUT2D eigenvalue weighted by Gasteiger charge is -2.15. The van der Waals surface area contributed by atoms with E-state index < -0.39 is 5.91 Å². The number of rotatable bonds is 11. The first kappa shape index (κ1) is 23.0. The van der Waals surface area contributed by atoms with Crippen molar-refractivity contribution in [3.63, 3.8) is 0 Å². The molecule has 0 aliphatic rings. The third-order valence-corrected chi connectivity index (χ3v) is 3.99. The Morgan fingerprint density at radius 1 is 1.17 bits per heavy atom. The van der Waals surface area contributed by atoms with Gasteiger partial charge in [0.15, 0.2) is 12.6 Å². The van der Waals surface area contributed by atoms with E-state index in [1.54, 1.807) is 12.1 Å². The molecule has 0 aromatic heterocycles. The lowest BCUT2D eigenvalue weighted by atomic mass is 10.1. The molecule has 0 aliphatic carbocycles. The maximum absolute atomic E-state index is 13.3. The van der Waals surface area contributed by atoms with Gasteiger partial charge in [-0.2, -0.15) is 0 Å². The Balaban J connectivity index is 1.79. The van der Waals surface area contributed by atoms with Crippen molar-refractivity contribution in [2.24, 2.45) is 10.7 Å². The summed E-state index contributed by atoms with van der Waals surface area (Å²) < 4.78 is 24.2. The van der Waals surface area contributed by atoms with Gasteiger partial charge >= 0.3 is 0 Å². The average Bonchev–Trinajstić information content (AvgIpc) is 2.71. The van der Waals surface area contributed by atoms with Crippen LogP contribution in [-0.2, 0) is 11.2 Å². The smallest absolute Gasteiger partial charge is 0.255 e. The van der Waals surface area contributed by atoms with Gasteiger partial charge in [0.25, 0.3) is 5.91 Å². The predicted molar refractivity (Wildman–Crippen MR) is 115 cm³/mol. The molecule has 0 bridgehead atoms. The van der Waals surface area contributed by atoms with Crippen LogP contribution in [0.4, 0.5) is 4.39 Å². The van der Waals surface area contributed by atoms with Crippen LogP contribution in [0.2, 0.25) is 0 Å². The monoisotopic (exact) mass is 416 g/mol. The first-order chi connectivity index (χ1) is 14.5. The number of hydrogen-bond donors (Lipinski definition) is 3. The molecular formula is C22H29FN4O3. The second-order valence-corrected chi connectivity index (χ2v) is 6.68. The summed E-state index contributed by atoms with van der Waals surface area (Å²) in [5.74, 6) is 0.944. The van der Waals surface area contributed by atoms with Crippen LogP contribution in [-0.4, -0.2) is 44.2 Å². The fourth-order valence-electron chi connectivity index (χ4n) is 2.60. The molecule has 0 heterocycles. The standard InChI is InChI=1S/C22H29FN4O3/c1-3-25-22(27-14-16(2)30-20-6-4-5-18(23)13-20)26-12-11-17-7-9-19(10-8-17)29-15-21(24)28/h4-10,13,16H,3,11-12,14-15H2,1-2H3,(H2,24,28)(H2,25,26,27). The largest absolute Gasteiger partial charge is 0.489 e. The third-order valence-electron chi connectivity index (χ3n) is 3.99. The maximum atomic E-state index is 13.3. The normalized spacial score (nSPS) is 12.2. The Morgan fingerprint density at radius 3 is 2.60 bits per heavy atom. The molecular weight excluding hydrogens is 387 g/mol. The van der Waals surface area contributed by atoms with Crippen LogP contribution >= 0.6 is 0 Å². The molecule has 0 aliphatic heterocycles. The van der Waals surface area contributed by atoms with Gasteiger partial charge in [-0.05, 0) is 50.1 Å². The van der Waals surface area contributed by atoms with Gasteiger partial charge in [-0.3, -0.25) is 4.79 Å². The van der Waals surface area contributed by atoms with E-state index in [4.69, 9.17) is 15.2 Å². The van der Waals surface area contributed by atoms with Crippen molar-refractivity contribution in [2.45, 2.75) is 26.4 Å². The Kier molecular flexibility index (Phi) is 9.44. The minimum absolute atomic E-state index is 0.134. The highest BCUT2D eigenvalue weighted by molar-refractivity contribution is 5.79. The maximum Gasteiger partial charge on any atom is 0.255 e. The van der Waals surface area contributed by atoms with Crippen LogP contribution in [0.5, 0.6) is 11.5 Å². The molecule has 2 aromatic carbocycles. The summed E-state index contributed by atoms with van der Waals surface area (Å²) in [6.07, 6.45) is 0.589. The molecule has 30 heavy (non-hydrogen) atoms. The Labute approximate surface area is 176 Å². The summed E-state index contributed by atoms with van der Waals surface area (Å²) in [4.78, 5) is 15.3. The van der Waals surface area contributed by atoms with Gasteiger partial charge in [-0.25, -0.2) is 9.38 Å². The van der Waals surface area contributed by atoms with Crippen LogP contribution in [0, 0.1) is 5.82 Å². The number of guanidine groups is 1. The number of amides is 1. The number of halogens is 1. The SMILES string of the molecule is CCNC(=NCC(C)Oc1cccc(F)c1)NCCc1ccc(OCC(N)=O)cc1. The molecule has 2 rings (SSSR count). The van der Waals surface area contributed by atoms with Crippen LogP contribution in [0.15, 0.2) is 53.5 Å². The Morgan fingerprint density at radius 2 is 1.93 bits per heavy atom. The van der Waals surface area contributed by atoms with Crippen LogP contribution < -0.4 is 25.8 Å². The van der Waals surface area contributed by atoms with Crippen LogP contribution in [0.25, 0.3) is 0 Å². The van der Waals surface area contributed by atoms with Crippen molar-refractivity contribution in [1.82, 2.24) is 10.6 Å². The zero-order chi connectivity index (χ0) is 21.8. The molecule has 4 N–H and O–H groups in total. The zero-order valence-corrected chi connectivity index (χ0v) is 17.4. The molecule has 0 saturated heterocycles. The fraction of sp³-hybridized carbons (Fsp3) is 0.364. The van der Waals surface area contributed by atoms with Crippen molar-refractivity contribution < 1.29 is 18.7 Å². The number of carbonyl (C=O) groups excluding carboxylic acids is 1. The number of benzene rings is 2. The van der Waals surface area contributed by atoms with Gasteiger partial charge in [0.2, 0.25) is 0 Å². The molecule has 162 valence electrons.